The molecule has 4 bridgehead atoms. The highest BCUT2D eigenvalue weighted by atomic mass is 16.2. The molecule has 2 aromatic carbocycles. The van der Waals surface area contributed by atoms with Gasteiger partial charge in [-0.25, -0.2) is 0 Å². The van der Waals surface area contributed by atoms with Crippen LogP contribution in [0.4, 0.5) is 0 Å². The van der Waals surface area contributed by atoms with Gasteiger partial charge < -0.3 is 10.6 Å². The Hall–Kier alpha value is -2.70. The van der Waals surface area contributed by atoms with E-state index < -0.39 is 0 Å². The first-order valence-electron chi connectivity index (χ1n) is 15.4. The summed E-state index contributed by atoms with van der Waals surface area (Å²) in [5.74, 6) is 0.627. The van der Waals surface area contributed by atoms with Crippen molar-refractivity contribution in [3.63, 3.8) is 0 Å². The summed E-state index contributed by atoms with van der Waals surface area (Å²) in [6.07, 6.45) is 6.56. The zero-order chi connectivity index (χ0) is 28.0. The predicted octanol–water partition coefficient (Wildman–Crippen LogP) is 4.37. The maximum absolute atomic E-state index is 13.7. The predicted molar refractivity (Wildman–Crippen MR) is 159 cm³/mol. The fraction of sp³-hybridized carbons (Fsp3) is 0.588. The maximum Gasteiger partial charge on any atom is 0.225 e. The highest BCUT2D eigenvalue weighted by Crippen LogP contribution is 2.47. The number of nitrogens with zero attached hydrogens (tertiary/aromatic N) is 2. The number of amides is 2. The molecule has 3 unspecified atom stereocenters. The van der Waals surface area contributed by atoms with E-state index in [4.69, 9.17) is 0 Å². The summed E-state index contributed by atoms with van der Waals surface area (Å²) in [6, 6.07) is 19.2. The Morgan fingerprint density at radius 1 is 0.650 bits per heavy atom. The summed E-state index contributed by atoms with van der Waals surface area (Å²) >= 11 is 0. The van der Waals surface area contributed by atoms with Crippen LogP contribution in [0, 0.1) is 25.7 Å². The van der Waals surface area contributed by atoms with Crippen molar-refractivity contribution in [1.29, 1.82) is 0 Å². The van der Waals surface area contributed by atoms with E-state index in [2.05, 4.69) is 96.9 Å². The van der Waals surface area contributed by atoms with Gasteiger partial charge in [0.1, 0.15) is 0 Å². The molecule has 2 amide bonds. The second-order valence-electron chi connectivity index (χ2n) is 13.1. The highest BCUT2D eigenvalue weighted by Gasteiger charge is 2.50. The molecule has 4 heterocycles. The van der Waals surface area contributed by atoms with E-state index in [1.807, 2.05) is 0 Å². The summed E-state index contributed by atoms with van der Waals surface area (Å²) in [6.45, 7) is 5.15. The Kier molecular flexibility index (Phi) is 7.75. The van der Waals surface area contributed by atoms with Crippen molar-refractivity contribution in [1.82, 2.24) is 20.4 Å². The van der Waals surface area contributed by atoms with Gasteiger partial charge in [-0.2, -0.15) is 0 Å². The Labute approximate surface area is 239 Å². The quantitative estimate of drug-likeness (QED) is 0.510. The molecule has 4 aliphatic rings. The molecule has 4 saturated heterocycles. The summed E-state index contributed by atoms with van der Waals surface area (Å²) < 4.78 is 0. The number of carbonyl (C=O) groups excluding carboxylic acids is 2. The molecule has 2 N–H and O–H groups in total. The summed E-state index contributed by atoms with van der Waals surface area (Å²) in [5.41, 5.74) is 5.06. The summed E-state index contributed by atoms with van der Waals surface area (Å²) in [5, 5.41) is 6.45. The first-order valence-corrected chi connectivity index (χ1v) is 15.4. The van der Waals surface area contributed by atoms with E-state index in [-0.39, 0.29) is 47.6 Å². The standard InChI is InChI=1S/C34H46N4O2/c1-21-5-9-23(10-6-21)27-19-25-13-15-29(37(25)3)31(27)33(39)35-17-18-36-34(40)32-28(24-11-7-22(2)8-12-24)20-26-14-16-30(32)38(26)4/h5-12,25-32H,13-20H2,1-4H3,(H,35,39)(H,36,40)/t25-,26+,27-,28?,29?,30?,31+,32+/m1/s1. The van der Waals surface area contributed by atoms with E-state index in [1.165, 1.54) is 35.1 Å². The molecule has 2 aromatic rings. The minimum atomic E-state index is -0.0597. The van der Waals surface area contributed by atoms with Crippen molar-refractivity contribution >= 4 is 11.8 Å². The van der Waals surface area contributed by atoms with Crippen LogP contribution in [0.15, 0.2) is 48.5 Å². The minimum Gasteiger partial charge on any atom is -0.354 e. The van der Waals surface area contributed by atoms with E-state index in [0.717, 1.165) is 25.7 Å². The molecule has 0 aliphatic carbocycles. The van der Waals surface area contributed by atoms with Crippen LogP contribution in [0.2, 0.25) is 0 Å². The number of nitrogens with one attached hydrogen (secondary N) is 2. The Balaban J connectivity index is 1.10. The Morgan fingerprint density at radius 2 is 1.02 bits per heavy atom. The molecular formula is C34H46N4O2. The van der Waals surface area contributed by atoms with Crippen molar-refractivity contribution in [3.8, 4) is 0 Å². The number of rotatable bonds is 7. The Bertz CT molecular complexity index is 1120. The second kappa shape index (κ2) is 11.3. The van der Waals surface area contributed by atoms with Crippen LogP contribution >= 0.6 is 0 Å². The van der Waals surface area contributed by atoms with Gasteiger partial charge in [0, 0.05) is 37.3 Å². The van der Waals surface area contributed by atoms with Gasteiger partial charge in [0.25, 0.3) is 0 Å². The molecule has 8 atom stereocenters. The van der Waals surface area contributed by atoms with Crippen molar-refractivity contribution < 1.29 is 9.59 Å². The lowest BCUT2D eigenvalue weighted by molar-refractivity contribution is -0.131. The van der Waals surface area contributed by atoms with Gasteiger partial charge in [-0.1, -0.05) is 59.7 Å². The van der Waals surface area contributed by atoms with Crippen LogP contribution in [0.3, 0.4) is 0 Å². The molecule has 6 nitrogen and oxygen atoms in total. The maximum atomic E-state index is 13.7. The molecule has 4 aliphatic heterocycles. The van der Waals surface area contributed by atoms with Crippen LogP contribution in [0.5, 0.6) is 0 Å². The van der Waals surface area contributed by atoms with Crippen molar-refractivity contribution in [3.05, 3.63) is 70.8 Å². The third-order valence-electron chi connectivity index (χ3n) is 10.9. The zero-order valence-electron chi connectivity index (χ0n) is 24.6. The van der Waals surface area contributed by atoms with Crippen LogP contribution in [0.1, 0.15) is 72.6 Å². The van der Waals surface area contributed by atoms with Crippen molar-refractivity contribution in [2.75, 3.05) is 27.2 Å². The van der Waals surface area contributed by atoms with Crippen molar-refractivity contribution in [2.24, 2.45) is 11.8 Å². The molecule has 4 fully saturated rings. The van der Waals surface area contributed by atoms with E-state index in [1.54, 1.807) is 0 Å². The molecule has 6 rings (SSSR count). The number of fused-ring (bicyclic) bond motifs is 4. The third-order valence-corrected chi connectivity index (χ3v) is 10.9. The van der Waals surface area contributed by atoms with Crippen molar-refractivity contribution in [2.45, 2.75) is 88.4 Å². The molecule has 40 heavy (non-hydrogen) atoms. The van der Waals surface area contributed by atoms with Gasteiger partial charge >= 0.3 is 0 Å². The number of piperidine rings is 2. The van der Waals surface area contributed by atoms with Gasteiger partial charge in [0.05, 0.1) is 11.8 Å². The second-order valence-corrected chi connectivity index (χ2v) is 13.1. The average Bonchev–Trinajstić information content (AvgIpc) is 3.31. The molecule has 0 aromatic heterocycles. The van der Waals surface area contributed by atoms with Crippen LogP contribution in [0.25, 0.3) is 0 Å². The van der Waals surface area contributed by atoms with Crippen LogP contribution in [-0.4, -0.2) is 73.0 Å². The first kappa shape index (κ1) is 27.5. The third kappa shape index (κ3) is 5.09. The fourth-order valence-corrected chi connectivity index (χ4v) is 8.57. The van der Waals surface area contributed by atoms with Crippen LogP contribution < -0.4 is 10.6 Å². The molecule has 214 valence electrons. The normalized spacial score (nSPS) is 33.6. The monoisotopic (exact) mass is 542 g/mol. The average molecular weight is 543 g/mol. The minimum absolute atomic E-state index is 0.0597. The molecular weight excluding hydrogens is 496 g/mol. The van der Waals surface area contributed by atoms with Crippen LogP contribution in [-0.2, 0) is 9.59 Å². The molecule has 0 radical (unpaired) electrons. The molecule has 6 heteroatoms. The van der Waals surface area contributed by atoms with Gasteiger partial charge in [0.15, 0.2) is 0 Å². The summed E-state index contributed by atoms with van der Waals surface area (Å²) in [7, 11) is 4.38. The Morgan fingerprint density at radius 3 is 1.40 bits per heavy atom. The van der Waals surface area contributed by atoms with Gasteiger partial charge in [0.2, 0.25) is 11.8 Å². The van der Waals surface area contributed by atoms with Gasteiger partial charge in [-0.05, 0) is 89.4 Å². The smallest absolute Gasteiger partial charge is 0.225 e. The SMILES string of the molecule is Cc1ccc(C2C[C@@H]3CCC([C@H]2C(=O)NCCNC(=O)[C@@H]2C4CC[C@H](C[C@@H]2c2ccc(C)cc2)N4C)N3C)cc1. The lowest BCUT2D eigenvalue weighted by Crippen LogP contribution is -2.53. The van der Waals surface area contributed by atoms with Gasteiger partial charge in [-0.3, -0.25) is 19.4 Å². The van der Waals surface area contributed by atoms with E-state index in [0.29, 0.717) is 25.2 Å². The first-order chi connectivity index (χ1) is 19.3. The fourth-order valence-electron chi connectivity index (χ4n) is 8.57. The molecule has 0 spiro atoms. The number of carbonyl (C=O) groups is 2. The summed E-state index contributed by atoms with van der Waals surface area (Å²) in [4.78, 5) is 32.2. The van der Waals surface area contributed by atoms with Gasteiger partial charge in [-0.15, -0.1) is 0 Å². The lowest BCUT2D eigenvalue weighted by atomic mass is 9.75. The molecule has 0 saturated carbocycles. The largest absolute Gasteiger partial charge is 0.354 e. The number of benzene rings is 2. The number of hydrogen-bond donors (Lipinski definition) is 2. The van der Waals surface area contributed by atoms with E-state index in [9.17, 15) is 9.59 Å². The topological polar surface area (TPSA) is 64.7 Å². The highest BCUT2D eigenvalue weighted by molar-refractivity contribution is 5.82. The zero-order valence-corrected chi connectivity index (χ0v) is 24.6. The number of aryl methyl sites for hydroxylation is 2. The number of hydrogen-bond acceptors (Lipinski definition) is 4. The van der Waals surface area contributed by atoms with E-state index >= 15 is 0 Å². The lowest BCUT2D eigenvalue weighted by Gasteiger charge is -2.42.